The molecule has 0 bridgehead atoms. The summed E-state index contributed by atoms with van der Waals surface area (Å²) in [4.78, 5) is 18.0. The zero-order chi connectivity index (χ0) is 14.5. The lowest BCUT2D eigenvalue weighted by Crippen LogP contribution is -2.27. The Kier molecular flexibility index (Phi) is 4.20. The molecule has 0 unspecified atom stereocenters. The Labute approximate surface area is 118 Å². The molecule has 0 saturated carbocycles. The molecule has 0 radical (unpaired) electrons. The second-order valence-electron chi connectivity index (χ2n) is 4.44. The smallest absolute Gasteiger partial charge is 0.256 e. The van der Waals surface area contributed by atoms with E-state index in [2.05, 4.69) is 4.98 Å². The van der Waals surface area contributed by atoms with E-state index in [0.29, 0.717) is 23.5 Å². The molecule has 0 spiro atoms. The number of para-hydroxylation sites is 1. The van der Waals surface area contributed by atoms with Crippen LogP contribution in [0.3, 0.4) is 0 Å². The predicted octanol–water partition coefficient (Wildman–Crippen LogP) is 1.94. The van der Waals surface area contributed by atoms with Crippen LogP contribution in [0.2, 0.25) is 0 Å². The largest absolute Gasteiger partial charge is 0.495 e. The van der Waals surface area contributed by atoms with Gasteiger partial charge in [-0.15, -0.1) is 0 Å². The quantitative estimate of drug-likeness (QED) is 0.863. The van der Waals surface area contributed by atoms with Gasteiger partial charge in [0, 0.05) is 26.0 Å². The van der Waals surface area contributed by atoms with Crippen molar-refractivity contribution >= 4 is 11.6 Å². The molecule has 104 valence electrons. The number of pyridine rings is 1. The van der Waals surface area contributed by atoms with Crippen LogP contribution in [0.25, 0.3) is 0 Å². The van der Waals surface area contributed by atoms with Gasteiger partial charge in [-0.25, -0.2) is 0 Å². The van der Waals surface area contributed by atoms with Crippen LogP contribution in [0.15, 0.2) is 42.7 Å². The summed E-state index contributed by atoms with van der Waals surface area (Å²) in [5.74, 6) is 0.357. The van der Waals surface area contributed by atoms with E-state index in [4.69, 9.17) is 10.5 Å². The van der Waals surface area contributed by atoms with Crippen molar-refractivity contribution in [2.75, 3.05) is 19.9 Å². The molecule has 1 amide bonds. The number of methoxy groups -OCH3 is 1. The summed E-state index contributed by atoms with van der Waals surface area (Å²) in [5.41, 5.74) is 7.70. The van der Waals surface area contributed by atoms with Gasteiger partial charge < -0.3 is 15.4 Å². The zero-order valence-electron chi connectivity index (χ0n) is 11.5. The molecular weight excluding hydrogens is 254 g/mol. The van der Waals surface area contributed by atoms with E-state index in [0.717, 1.165) is 5.56 Å². The number of nitrogens with zero attached hydrogens (tertiary/aromatic N) is 2. The van der Waals surface area contributed by atoms with Gasteiger partial charge in [0.05, 0.1) is 18.4 Å². The zero-order valence-corrected chi connectivity index (χ0v) is 11.5. The number of carbonyl (C=O) groups excluding carboxylic acids is 1. The van der Waals surface area contributed by atoms with Crippen LogP contribution in [0.1, 0.15) is 15.9 Å². The minimum absolute atomic E-state index is 0.148. The van der Waals surface area contributed by atoms with Crippen molar-refractivity contribution in [2.45, 2.75) is 6.54 Å². The fourth-order valence-corrected chi connectivity index (χ4v) is 1.95. The molecule has 0 aliphatic rings. The van der Waals surface area contributed by atoms with Gasteiger partial charge in [0.1, 0.15) is 5.75 Å². The number of benzene rings is 1. The van der Waals surface area contributed by atoms with Crippen LogP contribution >= 0.6 is 0 Å². The third-order valence-electron chi connectivity index (χ3n) is 3.01. The summed E-state index contributed by atoms with van der Waals surface area (Å²) < 4.78 is 5.13. The first kappa shape index (κ1) is 13.9. The van der Waals surface area contributed by atoms with Gasteiger partial charge >= 0.3 is 0 Å². The average molecular weight is 271 g/mol. The molecule has 0 fully saturated rings. The molecule has 0 atom stereocenters. The number of ether oxygens (including phenoxy) is 1. The summed E-state index contributed by atoms with van der Waals surface area (Å²) in [5, 5.41) is 0. The highest BCUT2D eigenvalue weighted by Crippen LogP contribution is 2.25. The summed E-state index contributed by atoms with van der Waals surface area (Å²) in [6.45, 7) is 0.476. The van der Waals surface area contributed by atoms with Gasteiger partial charge in [-0.1, -0.05) is 12.1 Å². The number of aromatic nitrogens is 1. The van der Waals surface area contributed by atoms with Gasteiger partial charge in [-0.3, -0.25) is 9.78 Å². The number of hydrogen-bond donors (Lipinski definition) is 1. The number of hydrogen-bond acceptors (Lipinski definition) is 4. The van der Waals surface area contributed by atoms with E-state index in [1.165, 1.54) is 7.11 Å². The standard InChI is InChI=1S/C15H17N3O2/c1-18(10-11-5-4-8-17-9-11)15(19)12-6-3-7-13(20-2)14(12)16/h3-9H,10,16H2,1-2H3. The van der Waals surface area contributed by atoms with E-state index < -0.39 is 0 Å². The minimum Gasteiger partial charge on any atom is -0.495 e. The Morgan fingerprint density at radius 2 is 2.15 bits per heavy atom. The highest BCUT2D eigenvalue weighted by atomic mass is 16.5. The van der Waals surface area contributed by atoms with Crippen molar-refractivity contribution in [3.8, 4) is 5.75 Å². The van der Waals surface area contributed by atoms with E-state index in [-0.39, 0.29) is 5.91 Å². The highest BCUT2D eigenvalue weighted by Gasteiger charge is 2.17. The maximum atomic E-state index is 12.4. The predicted molar refractivity (Wildman–Crippen MR) is 77.4 cm³/mol. The van der Waals surface area contributed by atoms with E-state index in [9.17, 15) is 4.79 Å². The third-order valence-corrected chi connectivity index (χ3v) is 3.01. The Bertz CT molecular complexity index is 599. The van der Waals surface area contributed by atoms with Gasteiger partial charge in [0.25, 0.3) is 5.91 Å². The van der Waals surface area contributed by atoms with Gasteiger partial charge in [-0.05, 0) is 23.8 Å². The Morgan fingerprint density at radius 3 is 2.80 bits per heavy atom. The number of rotatable bonds is 4. The van der Waals surface area contributed by atoms with E-state index in [1.54, 1.807) is 42.5 Å². The number of carbonyl (C=O) groups is 1. The van der Waals surface area contributed by atoms with Crippen LogP contribution in [0.5, 0.6) is 5.75 Å². The molecule has 5 nitrogen and oxygen atoms in total. The lowest BCUT2D eigenvalue weighted by Gasteiger charge is -2.18. The lowest BCUT2D eigenvalue weighted by atomic mass is 10.1. The minimum atomic E-state index is -0.148. The molecule has 2 aromatic rings. The van der Waals surface area contributed by atoms with Crippen molar-refractivity contribution in [2.24, 2.45) is 0 Å². The van der Waals surface area contributed by atoms with Crippen molar-refractivity contribution in [3.05, 3.63) is 53.9 Å². The maximum absolute atomic E-state index is 12.4. The SMILES string of the molecule is COc1cccc(C(=O)N(C)Cc2cccnc2)c1N. The van der Waals surface area contributed by atoms with Gasteiger partial charge in [-0.2, -0.15) is 0 Å². The van der Waals surface area contributed by atoms with E-state index >= 15 is 0 Å². The molecular formula is C15H17N3O2. The lowest BCUT2D eigenvalue weighted by molar-refractivity contribution is 0.0785. The molecule has 0 saturated heterocycles. The van der Waals surface area contributed by atoms with Crippen LogP contribution in [0.4, 0.5) is 5.69 Å². The summed E-state index contributed by atoms with van der Waals surface area (Å²) >= 11 is 0. The van der Waals surface area contributed by atoms with Crippen LogP contribution in [-0.2, 0) is 6.54 Å². The topological polar surface area (TPSA) is 68.5 Å². The Morgan fingerprint density at radius 1 is 1.35 bits per heavy atom. The molecule has 1 aromatic carbocycles. The van der Waals surface area contributed by atoms with E-state index in [1.807, 2.05) is 12.1 Å². The second kappa shape index (κ2) is 6.06. The second-order valence-corrected chi connectivity index (χ2v) is 4.44. The van der Waals surface area contributed by atoms with Crippen LogP contribution < -0.4 is 10.5 Å². The summed E-state index contributed by atoms with van der Waals surface area (Å²) in [6, 6.07) is 8.94. The Hall–Kier alpha value is -2.56. The molecule has 1 heterocycles. The van der Waals surface area contributed by atoms with Crippen molar-refractivity contribution in [1.82, 2.24) is 9.88 Å². The van der Waals surface area contributed by atoms with Crippen molar-refractivity contribution < 1.29 is 9.53 Å². The first-order valence-electron chi connectivity index (χ1n) is 6.20. The van der Waals surface area contributed by atoms with Crippen LogP contribution in [-0.4, -0.2) is 29.9 Å². The fourth-order valence-electron chi connectivity index (χ4n) is 1.95. The monoisotopic (exact) mass is 271 g/mol. The number of amides is 1. The molecule has 1 aromatic heterocycles. The number of nitrogens with two attached hydrogens (primary N) is 1. The molecule has 2 N–H and O–H groups in total. The molecule has 20 heavy (non-hydrogen) atoms. The van der Waals surface area contributed by atoms with Gasteiger partial charge in [0.15, 0.2) is 0 Å². The molecule has 0 aliphatic heterocycles. The average Bonchev–Trinajstić information content (AvgIpc) is 2.48. The normalized spacial score (nSPS) is 10.1. The molecule has 5 heteroatoms. The summed E-state index contributed by atoms with van der Waals surface area (Å²) in [7, 11) is 3.26. The first-order valence-corrected chi connectivity index (χ1v) is 6.20. The molecule has 2 rings (SSSR count). The molecule has 0 aliphatic carbocycles. The van der Waals surface area contributed by atoms with Gasteiger partial charge in [0.2, 0.25) is 0 Å². The van der Waals surface area contributed by atoms with Crippen LogP contribution in [0, 0.1) is 0 Å². The van der Waals surface area contributed by atoms with Crippen molar-refractivity contribution in [1.29, 1.82) is 0 Å². The number of nitrogen functional groups attached to an aromatic ring is 1. The highest BCUT2D eigenvalue weighted by molar-refractivity contribution is 6.00. The fraction of sp³-hybridized carbons (Fsp3) is 0.200. The Balaban J connectivity index is 2.19. The van der Waals surface area contributed by atoms with Crippen molar-refractivity contribution in [3.63, 3.8) is 0 Å². The first-order chi connectivity index (χ1) is 9.63. The number of anilines is 1. The third kappa shape index (κ3) is 2.88. The summed E-state index contributed by atoms with van der Waals surface area (Å²) in [6.07, 6.45) is 3.43. The maximum Gasteiger partial charge on any atom is 0.256 e.